The summed E-state index contributed by atoms with van der Waals surface area (Å²) in [4.78, 5) is 13.0. The summed E-state index contributed by atoms with van der Waals surface area (Å²) in [5.41, 5.74) is 0.977. The number of ether oxygens (including phenoxy) is 2. The first-order valence-electron chi connectivity index (χ1n) is 5.77. The van der Waals surface area contributed by atoms with E-state index < -0.39 is 0 Å². The standard InChI is InChI=1S/C13H19NO3/c1-4-16-12-9-7-6-8-11(12)10-14(3)13(15)17-5-2/h6-9H,4-5,10H2,1-3H3. The van der Waals surface area contributed by atoms with Crippen molar-refractivity contribution in [3.05, 3.63) is 29.8 Å². The Hall–Kier alpha value is -1.71. The van der Waals surface area contributed by atoms with Crippen LogP contribution in [0.15, 0.2) is 24.3 Å². The maximum absolute atomic E-state index is 11.5. The highest BCUT2D eigenvalue weighted by Crippen LogP contribution is 2.19. The number of carbonyl (C=O) groups excluding carboxylic acids is 1. The van der Waals surface area contributed by atoms with Crippen molar-refractivity contribution in [1.29, 1.82) is 0 Å². The van der Waals surface area contributed by atoms with Gasteiger partial charge in [-0.15, -0.1) is 0 Å². The van der Waals surface area contributed by atoms with Crippen LogP contribution >= 0.6 is 0 Å². The summed E-state index contributed by atoms with van der Waals surface area (Å²) < 4.78 is 10.4. The van der Waals surface area contributed by atoms with Crippen LogP contribution in [0, 0.1) is 0 Å². The number of hydrogen-bond donors (Lipinski definition) is 0. The van der Waals surface area contributed by atoms with Gasteiger partial charge in [-0.2, -0.15) is 0 Å². The Kier molecular flexibility index (Phi) is 5.33. The Bertz CT molecular complexity index is 365. The zero-order chi connectivity index (χ0) is 12.7. The molecule has 0 heterocycles. The number of rotatable bonds is 5. The largest absolute Gasteiger partial charge is 0.494 e. The van der Waals surface area contributed by atoms with Crippen molar-refractivity contribution in [2.45, 2.75) is 20.4 Å². The lowest BCUT2D eigenvalue weighted by atomic mass is 10.2. The zero-order valence-electron chi connectivity index (χ0n) is 10.6. The van der Waals surface area contributed by atoms with E-state index in [0.717, 1.165) is 11.3 Å². The van der Waals surface area contributed by atoms with Crippen LogP contribution in [0.5, 0.6) is 5.75 Å². The summed E-state index contributed by atoms with van der Waals surface area (Å²) in [6, 6.07) is 7.69. The second-order valence-corrected chi connectivity index (χ2v) is 3.60. The molecule has 1 amide bonds. The molecule has 1 rings (SSSR count). The number of amides is 1. The van der Waals surface area contributed by atoms with Gasteiger partial charge in [0.25, 0.3) is 0 Å². The van der Waals surface area contributed by atoms with Crippen molar-refractivity contribution >= 4 is 6.09 Å². The minimum atomic E-state index is -0.321. The molecule has 0 aliphatic carbocycles. The maximum atomic E-state index is 11.5. The number of carbonyl (C=O) groups is 1. The molecule has 0 spiro atoms. The van der Waals surface area contributed by atoms with Gasteiger partial charge < -0.3 is 14.4 Å². The molecule has 0 saturated heterocycles. The Morgan fingerprint density at radius 1 is 1.24 bits per heavy atom. The second-order valence-electron chi connectivity index (χ2n) is 3.60. The lowest BCUT2D eigenvalue weighted by Gasteiger charge is -2.18. The first-order valence-corrected chi connectivity index (χ1v) is 5.77. The van der Waals surface area contributed by atoms with Crippen molar-refractivity contribution < 1.29 is 14.3 Å². The summed E-state index contributed by atoms with van der Waals surface area (Å²) in [7, 11) is 1.71. The third-order valence-electron chi connectivity index (χ3n) is 2.26. The van der Waals surface area contributed by atoms with Crippen molar-refractivity contribution in [3.63, 3.8) is 0 Å². The molecule has 1 aromatic carbocycles. The molecule has 0 radical (unpaired) electrons. The minimum absolute atomic E-state index is 0.321. The van der Waals surface area contributed by atoms with E-state index in [0.29, 0.717) is 19.8 Å². The number of benzene rings is 1. The lowest BCUT2D eigenvalue weighted by Crippen LogP contribution is -2.27. The predicted molar refractivity (Wildman–Crippen MR) is 66.1 cm³/mol. The molecule has 1 aromatic rings. The van der Waals surface area contributed by atoms with Gasteiger partial charge in [0.05, 0.1) is 19.8 Å². The van der Waals surface area contributed by atoms with Crippen LogP contribution in [0.3, 0.4) is 0 Å². The fraction of sp³-hybridized carbons (Fsp3) is 0.462. The predicted octanol–water partition coefficient (Wildman–Crippen LogP) is 2.67. The van der Waals surface area contributed by atoms with Gasteiger partial charge in [-0.05, 0) is 19.9 Å². The smallest absolute Gasteiger partial charge is 0.409 e. The number of para-hydroxylation sites is 1. The van der Waals surface area contributed by atoms with Gasteiger partial charge in [0.1, 0.15) is 5.75 Å². The summed E-state index contributed by atoms with van der Waals surface area (Å²) >= 11 is 0. The van der Waals surface area contributed by atoms with Crippen LogP contribution in [-0.4, -0.2) is 31.3 Å². The van der Waals surface area contributed by atoms with Gasteiger partial charge in [-0.25, -0.2) is 4.79 Å². The van der Waals surface area contributed by atoms with Gasteiger partial charge in [0, 0.05) is 12.6 Å². The summed E-state index contributed by atoms with van der Waals surface area (Å²) in [5.74, 6) is 0.811. The first kappa shape index (κ1) is 13.4. The Morgan fingerprint density at radius 3 is 2.59 bits per heavy atom. The van der Waals surface area contributed by atoms with Gasteiger partial charge in [0.2, 0.25) is 0 Å². The highest BCUT2D eigenvalue weighted by molar-refractivity contribution is 5.67. The van der Waals surface area contributed by atoms with E-state index in [2.05, 4.69) is 0 Å². The maximum Gasteiger partial charge on any atom is 0.409 e. The SMILES string of the molecule is CCOC(=O)N(C)Cc1ccccc1OCC. The molecule has 0 aliphatic rings. The third-order valence-corrected chi connectivity index (χ3v) is 2.26. The van der Waals surface area contributed by atoms with Crippen molar-refractivity contribution in [2.75, 3.05) is 20.3 Å². The molecule has 4 nitrogen and oxygen atoms in total. The molecule has 0 atom stereocenters. The number of nitrogens with zero attached hydrogens (tertiary/aromatic N) is 1. The molecule has 0 aliphatic heterocycles. The highest BCUT2D eigenvalue weighted by atomic mass is 16.6. The molecule has 0 bridgehead atoms. The fourth-order valence-electron chi connectivity index (χ4n) is 1.48. The van der Waals surface area contributed by atoms with Crippen LogP contribution in [0.1, 0.15) is 19.4 Å². The van der Waals surface area contributed by atoms with Crippen LogP contribution < -0.4 is 4.74 Å². The van der Waals surface area contributed by atoms with Gasteiger partial charge in [0.15, 0.2) is 0 Å². The van der Waals surface area contributed by atoms with E-state index >= 15 is 0 Å². The molecule has 0 N–H and O–H groups in total. The molecule has 4 heteroatoms. The van der Waals surface area contributed by atoms with Crippen molar-refractivity contribution in [2.24, 2.45) is 0 Å². The van der Waals surface area contributed by atoms with Crippen molar-refractivity contribution in [3.8, 4) is 5.75 Å². The molecule has 0 saturated carbocycles. The lowest BCUT2D eigenvalue weighted by molar-refractivity contribution is 0.114. The van der Waals surface area contributed by atoms with E-state index in [1.54, 1.807) is 14.0 Å². The fourth-order valence-corrected chi connectivity index (χ4v) is 1.48. The van der Waals surface area contributed by atoms with Crippen LogP contribution in [0.25, 0.3) is 0 Å². The molecular weight excluding hydrogens is 218 g/mol. The summed E-state index contributed by atoms with van der Waals surface area (Å²) in [5, 5.41) is 0. The Balaban J connectivity index is 2.70. The molecule has 0 aromatic heterocycles. The van der Waals surface area contributed by atoms with E-state index in [-0.39, 0.29) is 6.09 Å². The van der Waals surface area contributed by atoms with Crippen LogP contribution in [0.4, 0.5) is 4.79 Å². The molecular formula is C13H19NO3. The Morgan fingerprint density at radius 2 is 1.94 bits per heavy atom. The van der Waals surface area contributed by atoms with E-state index in [9.17, 15) is 4.79 Å². The van der Waals surface area contributed by atoms with Crippen LogP contribution in [0.2, 0.25) is 0 Å². The molecule has 17 heavy (non-hydrogen) atoms. The average molecular weight is 237 g/mol. The molecule has 0 unspecified atom stereocenters. The van der Waals surface area contributed by atoms with Gasteiger partial charge >= 0.3 is 6.09 Å². The summed E-state index contributed by atoms with van der Waals surface area (Å²) in [6.45, 7) is 5.21. The second kappa shape index (κ2) is 6.78. The quantitative estimate of drug-likeness (QED) is 0.790. The van der Waals surface area contributed by atoms with E-state index in [4.69, 9.17) is 9.47 Å². The zero-order valence-corrected chi connectivity index (χ0v) is 10.6. The monoisotopic (exact) mass is 237 g/mol. The minimum Gasteiger partial charge on any atom is -0.494 e. The van der Waals surface area contributed by atoms with E-state index in [1.807, 2.05) is 31.2 Å². The molecule has 0 fully saturated rings. The molecule has 94 valence electrons. The summed E-state index contributed by atoms with van der Waals surface area (Å²) in [6.07, 6.45) is -0.321. The topological polar surface area (TPSA) is 38.8 Å². The third kappa shape index (κ3) is 3.98. The highest BCUT2D eigenvalue weighted by Gasteiger charge is 2.12. The Labute approximate surface area is 102 Å². The normalized spacial score (nSPS) is 9.82. The van der Waals surface area contributed by atoms with Crippen molar-refractivity contribution in [1.82, 2.24) is 4.90 Å². The van der Waals surface area contributed by atoms with Gasteiger partial charge in [-0.1, -0.05) is 18.2 Å². The van der Waals surface area contributed by atoms with E-state index in [1.165, 1.54) is 4.90 Å². The number of hydrogen-bond acceptors (Lipinski definition) is 3. The van der Waals surface area contributed by atoms with Gasteiger partial charge in [-0.3, -0.25) is 0 Å². The first-order chi connectivity index (χ1) is 8.19. The van der Waals surface area contributed by atoms with Crippen LogP contribution in [-0.2, 0) is 11.3 Å². The average Bonchev–Trinajstić information content (AvgIpc) is 2.32.